The summed E-state index contributed by atoms with van der Waals surface area (Å²) in [6.07, 6.45) is 0. The quantitative estimate of drug-likeness (QED) is 0.809. The number of amides is 1. The van der Waals surface area contributed by atoms with Crippen LogP contribution < -0.4 is 9.47 Å². The molecule has 0 N–H and O–H groups in total. The first-order valence-electron chi connectivity index (χ1n) is 7.60. The van der Waals surface area contributed by atoms with Crippen LogP contribution in [0.2, 0.25) is 0 Å². The molecule has 2 aromatic carbocycles. The number of rotatable bonds is 5. The summed E-state index contributed by atoms with van der Waals surface area (Å²) in [6, 6.07) is 8.82. The average Bonchev–Trinajstić information content (AvgIpc) is 2.97. The Morgan fingerprint density at radius 3 is 2.56 bits per heavy atom. The smallest absolute Gasteiger partial charge is 0.234 e. The normalized spacial score (nSPS) is 17.0. The largest absolute Gasteiger partial charge is 0.493 e. The van der Waals surface area contributed by atoms with Gasteiger partial charge in [-0.1, -0.05) is 12.1 Å². The zero-order valence-corrected chi connectivity index (χ0v) is 14.6. The lowest BCUT2D eigenvalue weighted by Crippen LogP contribution is -2.28. The van der Waals surface area contributed by atoms with Gasteiger partial charge in [0.2, 0.25) is 5.91 Å². The fraction of sp³-hybridized carbons (Fsp3) is 0.278. The molecule has 0 spiro atoms. The third-order valence-corrected chi connectivity index (χ3v) is 5.27. The van der Waals surface area contributed by atoms with Crippen molar-refractivity contribution in [2.45, 2.75) is 11.9 Å². The van der Waals surface area contributed by atoms with Gasteiger partial charge >= 0.3 is 0 Å². The zero-order chi connectivity index (χ0) is 18.0. The van der Waals surface area contributed by atoms with Crippen molar-refractivity contribution in [3.05, 3.63) is 59.2 Å². The van der Waals surface area contributed by atoms with Crippen molar-refractivity contribution in [3.63, 3.8) is 0 Å². The molecule has 132 valence electrons. The first-order chi connectivity index (χ1) is 12.0. The second kappa shape index (κ2) is 7.31. The Hall–Kier alpha value is -2.28. The van der Waals surface area contributed by atoms with Gasteiger partial charge in [0, 0.05) is 18.2 Å². The van der Waals surface area contributed by atoms with Crippen LogP contribution in [0.3, 0.4) is 0 Å². The van der Waals surface area contributed by atoms with E-state index in [4.69, 9.17) is 9.47 Å². The second-order valence-corrected chi connectivity index (χ2v) is 6.60. The lowest BCUT2D eigenvalue weighted by atomic mass is 10.1. The Labute approximate surface area is 148 Å². The summed E-state index contributed by atoms with van der Waals surface area (Å²) < 4.78 is 37.6. The Morgan fingerprint density at radius 2 is 1.88 bits per heavy atom. The van der Waals surface area contributed by atoms with Crippen molar-refractivity contribution in [2.24, 2.45) is 0 Å². The van der Waals surface area contributed by atoms with Gasteiger partial charge in [-0.05, 0) is 23.8 Å². The van der Waals surface area contributed by atoms with E-state index in [-0.39, 0.29) is 23.4 Å². The minimum atomic E-state index is -0.657. The van der Waals surface area contributed by atoms with Gasteiger partial charge in [0.25, 0.3) is 0 Å². The maximum atomic E-state index is 14.0. The summed E-state index contributed by atoms with van der Waals surface area (Å²) >= 11 is 1.46. The van der Waals surface area contributed by atoms with Crippen LogP contribution in [0.4, 0.5) is 8.78 Å². The van der Waals surface area contributed by atoms with E-state index in [0.717, 1.165) is 11.6 Å². The summed E-state index contributed by atoms with van der Waals surface area (Å²) in [6.45, 7) is 0.0803. The lowest BCUT2D eigenvalue weighted by Gasteiger charge is -2.25. The minimum absolute atomic E-state index is 0.0803. The van der Waals surface area contributed by atoms with E-state index in [0.29, 0.717) is 17.3 Å². The number of nitrogens with zero attached hydrogens (tertiary/aromatic N) is 1. The predicted octanol–water partition coefficient (Wildman–Crippen LogP) is 3.76. The second-order valence-electron chi connectivity index (χ2n) is 5.54. The van der Waals surface area contributed by atoms with Crippen LogP contribution in [0.25, 0.3) is 0 Å². The van der Waals surface area contributed by atoms with E-state index >= 15 is 0 Å². The molecule has 1 amide bonds. The van der Waals surface area contributed by atoms with Gasteiger partial charge < -0.3 is 14.4 Å². The highest BCUT2D eigenvalue weighted by Crippen LogP contribution is 2.42. The van der Waals surface area contributed by atoms with Crippen LogP contribution in [0.15, 0.2) is 36.4 Å². The maximum Gasteiger partial charge on any atom is 0.234 e. The summed E-state index contributed by atoms with van der Waals surface area (Å²) in [5, 5.41) is -0.267. The van der Waals surface area contributed by atoms with E-state index in [2.05, 4.69) is 0 Å². The molecule has 0 bridgehead atoms. The van der Waals surface area contributed by atoms with Crippen molar-refractivity contribution >= 4 is 17.7 Å². The van der Waals surface area contributed by atoms with Gasteiger partial charge in [-0.2, -0.15) is 0 Å². The molecule has 1 atom stereocenters. The van der Waals surface area contributed by atoms with Crippen LogP contribution >= 0.6 is 11.8 Å². The Balaban J connectivity index is 1.89. The van der Waals surface area contributed by atoms with Crippen LogP contribution in [-0.4, -0.2) is 30.8 Å². The lowest BCUT2D eigenvalue weighted by molar-refractivity contribution is -0.128. The number of methoxy groups -OCH3 is 2. The molecule has 0 radical (unpaired) electrons. The number of halogens is 2. The zero-order valence-electron chi connectivity index (χ0n) is 13.8. The molecule has 7 heteroatoms. The molecule has 1 heterocycles. The molecular weight excluding hydrogens is 348 g/mol. The molecule has 1 saturated heterocycles. The van der Waals surface area contributed by atoms with Crippen molar-refractivity contribution in [2.75, 3.05) is 20.0 Å². The fourth-order valence-electron chi connectivity index (χ4n) is 2.74. The molecule has 0 aliphatic carbocycles. The van der Waals surface area contributed by atoms with Crippen molar-refractivity contribution in [1.82, 2.24) is 4.90 Å². The molecule has 25 heavy (non-hydrogen) atoms. The fourth-order valence-corrected chi connectivity index (χ4v) is 3.92. The Morgan fingerprint density at radius 1 is 1.12 bits per heavy atom. The Kier molecular flexibility index (Phi) is 5.13. The molecule has 4 nitrogen and oxygen atoms in total. The van der Waals surface area contributed by atoms with Gasteiger partial charge in [-0.3, -0.25) is 4.79 Å². The molecule has 1 unspecified atom stereocenters. The molecule has 1 aliphatic rings. The first-order valence-corrected chi connectivity index (χ1v) is 8.65. The summed E-state index contributed by atoms with van der Waals surface area (Å²) in [5.41, 5.74) is 1.14. The minimum Gasteiger partial charge on any atom is -0.493 e. The van der Waals surface area contributed by atoms with Gasteiger partial charge in [0.15, 0.2) is 11.5 Å². The average molecular weight is 365 g/mol. The number of thioether (sulfide) groups is 1. The number of carbonyl (C=O) groups excluding carboxylic acids is 1. The summed E-state index contributed by atoms with van der Waals surface area (Å²) in [7, 11) is 3.09. The highest BCUT2D eigenvalue weighted by atomic mass is 32.2. The number of ether oxygens (including phenoxy) is 2. The van der Waals surface area contributed by atoms with Crippen molar-refractivity contribution in [1.29, 1.82) is 0 Å². The third-order valence-electron chi connectivity index (χ3n) is 4.02. The maximum absolute atomic E-state index is 14.0. The van der Waals surface area contributed by atoms with Crippen molar-refractivity contribution in [3.8, 4) is 11.5 Å². The first kappa shape index (κ1) is 17.5. The standard InChI is InChI=1S/C18H17F2NO3S/c1-23-15-6-4-11(7-16(15)24-2)18-21(17(22)10-25-18)9-12-3-5-13(19)8-14(12)20/h3-8,18H,9-10H2,1-2H3. The number of hydrogen-bond acceptors (Lipinski definition) is 4. The van der Waals surface area contributed by atoms with Crippen LogP contribution in [0, 0.1) is 11.6 Å². The predicted molar refractivity (Wildman–Crippen MR) is 91.7 cm³/mol. The SMILES string of the molecule is COc1ccc(C2SCC(=O)N2Cc2ccc(F)cc2F)cc1OC. The van der Waals surface area contributed by atoms with E-state index in [9.17, 15) is 13.6 Å². The number of benzene rings is 2. The van der Waals surface area contributed by atoms with Gasteiger partial charge in [-0.25, -0.2) is 8.78 Å². The highest BCUT2D eigenvalue weighted by Gasteiger charge is 2.33. The van der Waals surface area contributed by atoms with E-state index < -0.39 is 11.6 Å². The molecule has 0 aromatic heterocycles. The molecule has 0 saturated carbocycles. The van der Waals surface area contributed by atoms with Gasteiger partial charge in [0.1, 0.15) is 17.0 Å². The van der Waals surface area contributed by atoms with E-state index in [1.165, 1.54) is 23.9 Å². The number of carbonyl (C=O) groups is 1. The monoisotopic (exact) mass is 365 g/mol. The van der Waals surface area contributed by atoms with Gasteiger partial charge in [-0.15, -0.1) is 11.8 Å². The Bertz CT molecular complexity index is 800. The van der Waals surface area contributed by atoms with E-state index in [1.54, 1.807) is 25.2 Å². The highest BCUT2D eigenvalue weighted by molar-refractivity contribution is 8.00. The van der Waals surface area contributed by atoms with Crippen molar-refractivity contribution < 1.29 is 23.0 Å². The van der Waals surface area contributed by atoms with Gasteiger partial charge in [0.05, 0.1) is 20.0 Å². The van der Waals surface area contributed by atoms with Crippen LogP contribution in [0.1, 0.15) is 16.5 Å². The third kappa shape index (κ3) is 3.56. The summed E-state index contributed by atoms with van der Waals surface area (Å²) in [5.74, 6) is 0.0793. The summed E-state index contributed by atoms with van der Waals surface area (Å²) in [4.78, 5) is 13.9. The molecular formula is C18H17F2NO3S. The van der Waals surface area contributed by atoms with E-state index in [1.807, 2.05) is 12.1 Å². The van der Waals surface area contributed by atoms with Crippen LogP contribution in [0.5, 0.6) is 11.5 Å². The molecule has 2 aromatic rings. The molecule has 1 aliphatic heterocycles. The number of hydrogen-bond donors (Lipinski definition) is 0. The molecule has 3 rings (SSSR count). The topological polar surface area (TPSA) is 38.8 Å². The van der Waals surface area contributed by atoms with Crippen LogP contribution in [-0.2, 0) is 11.3 Å². The molecule has 1 fully saturated rings.